The van der Waals surface area contributed by atoms with Gasteiger partial charge in [0, 0.05) is 13.1 Å². The topological polar surface area (TPSA) is 83.6 Å². The summed E-state index contributed by atoms with van der Waals surface area (Å²) in [4.78, 5) is -0.572. The highest BCUT2D eigenvalue weighted by Gasteiger charge is 2.33. The molecule has 0 aliphatic carbocycles. The maximum absolute atomic E-state index is 14.1. The Hall–Kier alpha value is -0.410. The number of nitrogens with zero attached hydrogens (tertiary/aromatic N) is 1. The number of anilines is 1. The van der Waals surface area contributed by atoms with Crippen molar-refractivity contribution in [3.05, 3.63) is 21.4 Å². The Morgan fingerprint density at radius 3 is 2.80 bits per heavy atom. The number of β-amino-alcohol motifs (C(OH)–C–C–N with tert-alkyl or cyclic N) is 1. The lowest BCUT2D eigenvalue weighted by molar-refractivity contribution is 0.108. The summed E-state index contributed by atoms with van der Waals surface area (Å²) >= 11 is 8.83. The van der Waals surface area contributed by atoms with Gasteiger partial charge in [0.1, 0.15) is 4.90 Å². The van der Waals surface area contributed by atoms with Gasteiger partial charge in [-0.1, -0.05) is 11.6 Å². The minimum atomic E-state index is -4.07. The molecule has 1 fully saturated rings. The molecule has 0 aromatic heterocycles. The van der Waals surface area contributed by atoms with Gasteiger partial charge in [0.2, 0.25) is 10.0 Å². The molecule has 1 aliphatic heterocycles. The molecule has 0 unspecified atom stereocenters. The first-order valence-electron chi connectivity index (χ1n) is 5.86. The molecular formula is C11H13BrClFN2O3S. The van der Waals surface area contributed by atoms with E-state index in [-0.39, 0.29) is 28.3 Å². The highest BCUT2D eigenvalue weighted by atomic mass is 79.9. The molecule has 3 N–H and O–H groups in total. The predicted octanol–water partition coefficient (Wildman–Crippen LogP) is 1.97. The van der Waals surface area contributed by atoms with E-state index in [4.69, 9.17) is 17.3 Å². The molecular weight excluding hydrogens is 375 g/mol. The van der Waals surface area contributed by atoms with Gasteiger partial charge in [-0.2, -0.15) is 4.31 Å². The van der Waals surface area contributed by atoms with Crippen LogP contribution in [-0.4, -0.2) is 37.0 Å². The second-order valence-corrected chi connectivity index (χ2v) is 7.66. The van der Waals surface area contributed by atoms with E-state index in [0.29, 0.717) is 12.8 Å². The van der Waals surface area contributed by atoms with Crippen LogP contribution in [0, 0.1) is 5.82 Å². The fraction of sp³-hybridized carbons (Fsp3) is 0.455. The number of benzene rings is 1. The van der Waals surface area contributed by atoms with Gasteiger partial charge in [0.05, 0.1) is 21.3 Å². The number of halogens is 3. The molecule has 0 bridgehead atoms. The van der Waals surface area contributed by atoms with Gasteiger partial charge in [-0.05, 0) is 34.8 Å². The maximum atomic E-state index is 14.1. The highest BCUT2D eigenvalue weighted by molar-refractivity contribution is 9.10. The number of rotatable bonds is 2. The van der Waals surface area contributed by atoms with Crippen LogP contribution >= 0.6 is 27.5 Å². The molecule has 0 amide bonds. The molecule has 0 spiro atoms. The second kappa shape index (κ2) is 5.76. The summed E-state index contributed by atoms with van der Waals surface area (Å²) in [7, 11) is -4.07. The van der Waals surface area contributed by atoms with Crippen molar-refractivity contribution < 1.29 is 17.9 Å². The van der Waals surface area contributed by atoms with Gasteiger partial charge in [-0.15, -0.1) is 0 Å². The summed E-state index contributed by atoms with van der Waals surface area (Å²) in [6.45, 7) is 0.168. The van der Waals surface area contributed by atoms with E-state index in [0.717, 1.165) is 10.4 Å². The van der Waals surface area contributed by atoms with E-state index in [1.165, 1.54) is 0 Å². The third-order valence-corrected chi connectivity index (χ3v) is 6.38. The van der Waals surface area contributed by atoms with Crippen LogP contribution in [0.3, 0.4) is 0 Å². The molecule has 0 radical (unpaired) electrons. The van der Waals surface area contributed by atoms with Crippen molar-refractivity contribution in [3.8, 4) is 0 Å². The highest BCUT2D eigenvalue weighted by Crippen LogP contribution is 2.36. The van der Waals surface area contributed by atoms with Gasteiger partial charge in [-0.25, -0.2) is 12.8 Å². The molecule has 1 atom stereocenters. The summed E-state index contributed by atoms with van der Waals surface area (Å²) in [5, 5.41) is 9.57. The molecule has 1 aromatic rings. The summed E-state index contributed by atoms with van der Waals surface area (Å²) in [6, 6.07) is 1.02. The Morgan fingerprint density at radius 1 is 1.55 bits per heavy atom. The fourth-order valence-electron chi connectivity index (χ4n) is 2.07. The standard InChI is InChI=1S/C11H13BrClFN2O3S/c12-9-7(13)4-8(10(14)11(9)15)20(18,19)16-3-1-2-6(17)5-16/h4,6,17H,1-3,5,15H2/t6-/m0/s1. The average molecular weight is 388 g/mol. The van der Waals surface area contributed by atoms with Crippen LogP contribution in [0.2, 0.25) is 5.02 Å². The Bertz CT molecular complexity index is 641. The summed E-state index contributed by atoms with van der Waals surface area (Å²) in [5.41, 5.74) is 5.15. The number of piperidine rings is 1. The fourth-order valence-corrected chi connectivity index (χ4v) is 4.25. The van der Waals surface area contributed by atoms with Crippen molar-refractivity contribution in [1.82, 2.24) is 4.31 Å². The summed E-state index contributed by atoms with van der Waals surface area (Å²) in [5.74, 6) is -1.04. The molecule has 1 aliphatic rings. The van der Waals surface area contributed by atoms with Gasteiger partial charge in [0.15, 0.2) is 5.82 Å². The van der Waals surface area contributed by atoms with Crippen LogP contribution in [0.1, 0.15) is 12.8 Å². The van der Waals surface area contributed by atoms with E-state index in [1.54, 1.807) is 0 Å². The number of nitrogen functional groups attached to an aromatic ring is 1. The SMILES string of the molecule is Nc1c(F)c(S(=O)(=O)N2CCC[C@H](O)C2)cc(Cl)c1Br. The number of aliphatic hydroxyl groups is 1. The third-order valence-electron chi connectivity index (χ3n) is 3.13. The normalized spacial score (nSPS) is 21.1. The maximum Gasteiger partial charge on any atom is 0.246 e. The van der Waals surface area contributed by atoms with Crippen molar-refractivity contribution >= 4 is 43.2 Å². The van der Waals surface area contributed by atoms with E-state index in [9.17, 15) is 17.9 Å². The van der Waals surface area contributed by atoms with Crippen LogP contribution in [0.5, 0.6) is 0 Å². The molecule has 5 nitrogen and oxygen atoms in total. The molecule has 1 aromatic carbocycles. The first kappa shape index (κ1) is 16.0. The number of hydrogen-bond donors (Lipinski definition) is 2. The van der Waals surface area contributed by atoms with E-state index >= 15 is 0 Å². The van der Waals surface area contributed by atoms with Crippen LogP contribution in [0.4, 0.5) is 10.1 Å². The molecule has 9 heteroatoms. The number of sulfonamides is 1. The Balaban J connectivity index is 2.50. The number of aliphatic hydroxyl groups excluding tert-OH is 1. The first-order chi connectivity index (χ1) is 9.25. The van der Waals surface area contributed by atoms with Gasteiger partial charge in [0.25, 0.3) is 0 Å². The van der Waals surface area contributed by atoms with Gasteiger partial charge < -0.3 is 10.8 Å². The average Bonchev–Trinajstić information content (AvgIpc) is 2.40. The minimum Gasteiger partial charge on any atom is -0.395 e. The molecule has 112 valence electrons. The largest absolute Gasteiger partial charge is 0.395 e. The van der Waals surface area contributed by atoms with Gasteiger partial charge in [-0.3, -0.25) is 0 Å². The van der Waals surface area contributed by atoms with E-state index < -0.39 is 26.8 Å². The number of hydrogen-bond acceptors (Lipinski definition) is 4. The first-order valence-corrected chi connectivity index (χ1v) is 8.47. The van der Waals surface area contributed by atoms with Crippen molar-refractivity contribution in [2.24, 2.45) is 0 Å². The zero-order valence-electron chi connectivity index (χ0n) is 10.3. The Kier molecular flexibility index (Phi) is 4.60. The summed E-state index contributed by atoms with van der Waals surface area (Å²) in [6.07, 6.45) is 0.296. The van der Waals surface area contributed by atoms with Crippen molar-refractivity contribution in [3.63, 3.8) is 0 Å². The van der Waals surface area contributed by atoms with Gasteiger partial charge >= 0.3 is 0 Å². The predicted molar refractivity (Wildman–Crippen MR) is 77.5 cm³/mol. The zero-order valence-corrected chi connectivity index (χ0v) is 13.5. The lowest BCUT2D eigenvalue weighted by atomic mass is 10.1. The molecule has 2 rings (SSSR count). The number of nitrogens with two attached hydrogens (primary N) is 1. The second-order valence-electron chi connectivity index (χ2n) is 4.56. The van der Waals surface area contributed by atoms with Crippen LogP contribution in [0.25, 0.3) is 0 Å². The zero-order chi connectivity index (χ0) is 15.1. The molecule has 1 heterocycles. The smallest absolute Gasteiger partial charge is 0.246 e. The Morgan fingerprint density at radius 2 is 2.20 bits per heavy atom. The third kappa shape index (κ3) is 2.80. The van der Waals surface area contributed by atoms with Crippen molar-refractivity contribution in [2.45, 2.75) is 23.8 Å². The molecule has 0 saturated carbocycles. The molecule has 20 heavy (non-hydrogen) atoms. The lowest BCUT2D eigenvalue weighted by Gasteiger charge is -2.29. The van der Waals surface area contributed by atoms with E-state index in [2.05, 4.69) is 15.9 Å². The minimum absolute atomic E-state index is 0.0139. The van der Waals surface area contributed by atoms with Crippen molar-refractivity contribution in [2.75, 3.05) is 18.8 Å². The van der Waals surface area contributed by atoms with Crippen molar-refractivity contribution in [1.29, 1.82) is 0 Å². The lowest BCUT2D eigenvalue weighted by Crippen LogP contribution is -2.42. The van der Waals surface area contributed by atoms with Crippen LogP contribution in [-0.2, 0) is 10.0 Å². The van der Waals surface area contributed by atoms with Crippen LogP contribution < -0.4 is 5.73 Å². The quantitative estimate of drug-likeness (QED) is 0.600. The van der Waals surface area contributed by atoms with E-state index in [1.807, 2.05) is 0 Å². The monoisotopic (exact) mass is 386 g/mol. The van der Waals surface area contributed by atoms with Crippen LogP contribution in [0.15, 0.2) is 15.4 Å². The molecule has 1 saturated heterocycles. The Labute approximate surface area is 129 Å². The summed E-state index contributed by atoms with van der Waals surface area (Å²) < 4.78 is 40.1.